The molecule has 2 N–H and O–H groups in total. The van der Waals surface area contributed by atoms with Gasteiger partial charge < -0.3 is 14.2 Å². The standard InChI is InChI=1S/C18H16BrN7O4/c1-24-15-14(16(28)21-18(24)30)25(9-20-15)8-12(27)22-23-13-10-4-2-3-5-11(10)26(7-6-19)17(13)29/h2-5,9,29H,6-8H2,1H3,(H,21,28,30). The topological polar surface area (TPSA) is 140 Å². The summed E-state index contributed by atoms with van der Waals surface area (Å²) in [5, 5.41) is 19.5. The van der Waals surface area contributed by atoms with Crippen LogP contribution in [0.25, 0.3) is 22.1 Å². The molecule has 12 heteroatoms. The van der Waals surface area contributed by atoms with E-state index in [-0.39, 0.29) is 29.3 Å². The summed E-state index contributed by atoms with van der Waals surface area (Å²) < 4.78 is 4.14. The Morgan fingerprint density at radius 3 is 2.83 bits per heavy atom. The van der Waals surface area contributed by atoms with Gasteiger partial charge in [0.15, 0.2) is 16.9 Å². The summed E-state index contributed by atoms with van der Waals surface area (Å²) in [6.07, 6.45) is 1.28. The van der Waals surface area contributed by atoms with E-state index < -0.39 is 17.2 Å². The Kier molecular flexibility index (Phi) is 5.08. The molecule has 0 bridgehead atoms. The molecule has 0 unspecified atom stereocenters. The number of rotatable bonds is 5. The molecular weight excluding hydrogens is 458 g/mol. The van der Waals surface area contributed by atoms with Gasteiger partial charge in [-0.1, -0.05) is 34.1 Å². The van der Waals surface area contributed by atoms with Crippen molar-refractivity contribution in [3.05, 3.63) is 51.4 Å². The number of carbonyl (C=O) groups excluding carboxylic acids is 1. The molecule has 154 valence electrons. The molecule has 1 amide bonds. The summed E-state index contributed by atoms with van der Waals surface area (Å²) in [6, 6.07) is 7.26. The Labute approximate surface area is 176 Å². The van der Waals surface area contributed by atoms with Crippen molar-refractivity contribution in [1.29, 1.82) is 0 Å². The van der Waals surface area contributed by atoms with Crippen LogP contribution in [0.2, 0.25) is 0 Å². The second-order valence-electron chi connectivity index (χ2n) is 6.49. The highest BCUT2D eigenvalue weighted by atomic mass is 79.9. The van der Waals surface area contributed by atoms with Crippen LogP contribution in [0.4, 0.5) is 5.69 Å². The Hall–Kier alpha value is -3.54. The average Bonchev–Trinajstić information content (AvgIpc) is 3.25. The molecule has 3 heterocycles. The van der Waals surface area contributed by atoms with Gasteiger partial charge in [-0.25, -0.2) is 9.78 Å². The molecule has 30 heavy (non-hydrogen) atoms. The molecule has 0 aliphatic carbocycles. The summed E-state index contributed by atoms with van der Waals surface area (Å²) in [5.74, 6) is -0.744. The number of para-hydroxylation sites is 1. The van der Waals surface area contributed by atoms with E-state index in [0.717, 1.165) is 5.52 Å². The smallest absolute Gasteiger partial charge is 0.329 e. The van der Waals surface area contributed by atoms with Gasteiger partial charge in [0, 0.05) is 24.3 Å². The second kappa shape index (κ2) is 7.71. The van der Waals surface area contributed by atoms with Gasteiger partial charge in [0.1, 0.15) is 6.54 Å². The van der Waals surface area contributed by atoms with Gasteiger partial charge in [-0.15, -0.1) is 10.2 Å². The predicted molar refractivity (Wildman–Crippen MR) is 113 cm³/mol. The molecule has 11 nitrogen and oxygen atoms in total. The van der Waals surface area contributed by atoms with Crippen molar-refractivity contribution in [2.45, 2.75) is 13.1 Å². The SMILES string of the molecule is Cn1c(=O)[nH]c(=O)c2c1ncn2CC(=O)N=Nc1c(O)n(CCBr)c2ccccc12. The first-order chi connectivity index (χ1) is 14.4. The number of alkyl halides is 1. The molecule has 0 fully saturated rings. The Bertz CT molecular complexity index is 1430. The summed E-state index contributed by atoms with van der Waals surface area (Å²) in [4.78, 5) is 42.4. The lowest BCUT2D eigenvalue weighted by molar-refractivity contribution is -0.118. The van der Waals surface area contributed by atoms with Crippen LogP contribution in [0, 0.1) is 0 Å². The van der Waals surface area contributed by atoms with E-state index in [0.29, 0.717) is 17.3 Å². The van der Waals surface area contributed by atoms with Crippen molar-refractivity contribution >= 4 is 49.6 Å². The maximum Gasteiger partial charge on any atom is 0.329 e. The first kappa shape index (κ1) is 19.8. The van der Waals surface area contributed by atoms with Crippen molar-refractivity contribution in [2.75, 3.05) is 5.33 Å². The van der Waals surface area contributed by atoms with Gasteiger partial charge in [-0.3, -0.25) is 19.1 Å². The van der Waals surface area contributed by atoms with E-state index in [9.17, 15) is 19.5 Å². The number of nitrogens with one attached hydrogen (secondary N) is 1. The van der Waals surface area contributed by atoms with Crippen LogP contribution in [-0.4, -0.2) is 40.0 Å². The van der Waals surface area contributed by atoms with E-state index in [4.69, 9.17) is 0 Å². The molecular formula is C18H16BrN7O4. The number of amides is 1. The summed E-state index contributed by atoms with van der Waals surface area (Å²) in [5.41, 5.74) is -0.0501. The fourth-order valence-electron chi connectivity index (χ4n) is 3.27. The first-order valence-corrected chi connectivity index (χ1v) is 9.99. The highest BCUT2D eigenvalue weighted by Gasteiger charge is 2.17. The molecule has 0 aliphatic rings. The average molecular weight is 474 g/mol. The van der Waals surface area contributed by atoms with Crippen LogP contribution < -0.4 is 11.2 Å². The monoisotopic (exact) mass is 473 g/mol. The third kappa shape index (κ3) is 3.24. The van der Waals surface area contributed by atoms with Crippen LogP contribution in [0.1, 0.15) is 0 Å². The van der Waals surface area contributed by atoms with Crippen molar-refractivity contribution in [3.63, 3.8) is 0 Å². The number of aryl methyl sites for hydroxylation is 2. The third-order valence-electron chi connectivity index (χ3n) is 4.67. The fraction of sp³-hybridized carbons (Fsp3) is 0.222. The molecule has 3 aromatic heterocycles. The molecule has 1 aromatic carbocycles. The Morgan fingerprint density at radius 1 is 1.30 bits per heavy atom. The van der Waals surface area contributed by atoms with Crippen molar-refractivity contribution < 1.29 is 9.90 Å². The number of aromatic nitrogens is 5. The minimum atomic E-state index is -0.653. The predicted octanol–water partition coefficient (Wildman–Crippen LogP) is 1.79. The number of halogens is 1. The number of azo groups is 1. The number of aromatic amines is 1. The molecule has 0 spiro atoms. The maximum atomic E-state index is 12.4. The van der Waals surface area contributed by atoms with Crippen molar-refractivity contribution in [2.24, 2.45) is 17.3 Å². The Balaban J connectivity index is 1.67. The van der Waals surface area contributed by atoms with Crippen LogP contribution in [0.15, 0.2) is 50.4 Å². The van der Waals surface area contributed by atoms with Crippen molar-refractivity contribution in [3.8, 4) is 5.88 Å². The lowest BCUT2D eigenvalue weighted by Crippen LogP contribution is -2.29. The van der Waals surface area contributed by atoms with Crippen LogP contribution in [0.3, 0.4) is 0 Å². The molecule has 0 saturated heterocycles. The number of hydrogen-bond acceptors (Lipinski definition) is 6. The van der Waals surface area contributed by atoms with Crippen LogP contribution in [0.5, 0.6) is 5.88 Å². The minimum absolute atomic E-state index is 0.0809. The maximum absolute atomic E-state index is 12.4. The number of imidazole rings is 1. The lowest BCUT2D eigenvalue weighted by Gasteiger charge is -2.03. The number of H-pyrrole nitrogens is 1. The van der Waals surface area contributed by atoms with E-state index >= 15 is 0 Å². The number of benzene rings is 1. The van der Waals surface area contributed by atoms with Gasteiger partial charge in [0.25, 0.3) is 11.5 Å². The van der Waals surface area contributed by atoms with Gasteiger partial charge >= 0.3 is 5.69 Å². The largest absolute Gasteiger partial charge is 0.493 e. The highest BCUT2D eigenvalue weighted by Crippen LogP contribution is 2.38. The molecule has 0 radical (unpaired) electrons. The molecule has 0 saturated carbocycles. The molecule has 4 aromatic rings. The number of carbonyl (C=O) groups is 1. The zero-order chi connectivity index (χ0) is 21.4. The zero-order valence-corrected chi connectivity index (χ0v) is 17.3. The summed E-state index contributed by atoms with van der Waals surface area (Å²) >= 11 is 3.35. The minimum Gasteiger partial charge on any atom is -0.493 e. The Morgan fingerprint density at radius 2 is 2.07 bits per heavy atom. The normalized spacial score (nSPS) is 11.8. The summed E-state index contributed by atoms with van der Waals surface area (Å²) in [7, 11) is 1.46. The number of aromatic hydroxyl groups is 1. The van der Waals surface area contributed by atoms with E-state index in [1.807, 2.05) is 12.1 Å². The van der Waals surface area contributed by atoms with E-state index in [1.54, 1.807) is 16.7 Å². The van der Waals surface area contributed by atoms with Gasteiger partial charge in [-0.2, -0.15) is 0 Å². The van der Waals surface area contributed by atoms with Crippen LogP contribution in [-0.2, 0) is 24.9 Å². The molecule has 4 rings (SSSR count). The van der Waals surface area contributed by atoms with Gasteiger partial charge in [-0.05, 0) is 6.07 Å². The second-order valence-corrected chi connectivity index (χ2v) is 7.28. The lowest BCUT2D eigenvalue weighted by atomic mass is 10.2. The number of fused-ring (bicyclic) bond motifs is 2. The molecule has 0 atom stereocenters. The van der Waals surface area contributed by atoms with Gasteiger partial charge in [0.05, 0.1) is 11.8 Å². The molecule has 0 aliphatic heterocycles. The van der Waals surface area contributed by atoms with E-state index in [1.165, 1.54) is 22.5 Å². The quantitative estimate of drug-likeness (QED) is 0.335. The van der Waals surface area contributed by atoms with Crippen molar-refractivity contribution in [1.82, 2.24) is 23.7 Å². The van der Waals surface area contributed by atoms with Gasteiger partial charge in [0.2, 0.25) is 5.88 Å². The van der Waals surface area contributed by atoms with E-state index in [2.05, 4.69) is 36.1 Å². The summed E-state index contributed by atoms with van der Waals surface area (Å²) in [6.45, 7) is 0.209. The highest BCUT2D eigenvalue weighted by molar-refractivity contribution is 9.09. The first-order valence-electron chi connectivity index (χ1n) is 8.87. The third-order valence-corrected chi connectivity index (χ3v) is 5.02. The number of nitrogens with zero attached hydrogens (tertiary/aromatic N) is 6. The fourth-order valence-corrected chi connectivity index (χ4v) is 3.62. The number of hydrogen-bond donors (Lipinski definition) is 2. The zero-order valence-electron chi connectivity index (χ0n) is 15.7. The van der Waals surface area contributed by atoms with Crippen LogP contribution >= 0.6 is 15.9 Å².